The zero-order valence-electron chi connectivity index (χ0n) is 16.3. The van der Waals surface area contributed by atoms with Crippen LogP contribution < -0.4 is 15.4 Å². The second kappa shape index (κ2) is 7.87. The van der Waals surface area contributed by atoms with E-state index in [1.54, 1.807) is 25.5 Å². The van der Waals surface area contributed by atoms with Gasteiger partial charge < -0.3 is 15.4 Å². The van der Waals surface area contributed by atoms with Crippen LogP contribution in [0.15, 0.2) is 48.8 Å². The van der Waals surface area contributed by atoms with Crippen molar-refractivity contribution in [2.24, 2.45) is 5.92 Å². The molecule has 0 radical (unpaired) electrons. The highest BCUT2D eigenvalue weighted by molar-refractivity contribution is 5.93. The van der Waals surface area contributed by atoms with Crippen molar-refractivity contribution in [3.63, 3.8) is 0 Å². The number of hydrogen-bond donors (Lipinski definition) is 2. The summed E-state index contributed by atoms with van der Waals surface area (Å²) in [5, 5.41) is 6.33. The number of aromatic nitrogens is 2. The van der Waals surface area contributed by atoms with Gasteiger partial charge in [-0.3, -0.25) is 19.6 Å². The summed E-state index contributed by atoms with van der Waals surface area (Å²) in [6.07, 6.45) is 3.76. The molecule has 7 heteroatoms. The van der Waals surface area contributed by atoms with Crippen molar-refractivity contribution in [1.29, 1.82) is 0 Å². The van der Waals surface area contributed by atoms with Crippen LogP contribution in [0.25, 0.3) is 22.0 Å². The third kappa shape index (κ3) is 3.89. The standard InChI is InChI=1S/C22H22N4O3/c1-13(16-10-21(27)26-12-16)29-20-9-15(8-19-17(20)4-3-7-24-19)14-5-6-18(25-11-14)22(28)23-2/h3-9,11,13,16H,10,12H2,1-2H3,(H,23,28)(H,26,27)/t13-,16?/m1/s1. The van der Waals surface area contributed by atoms with E-state index in [-0.39, 0.29) is 23.8 Å². The van der Waals surface area contributed by atoms with E-state index in [0.29, 0.717) is 24.4 Å². The fourth-order valence-corrected chi connectivity index (χ4v) is 3.50. The average molecular weight is 390 g/mol. The smallest absolute Gasteiger partial charge is 0.269 e. The van der Waals surface area contributed by atoms with Crippen molar-refractivity contribution in [3.05, 3.63) is 54.5 Å². The maximum absolute atomic E-state index is 11.7. The first kappa shape index (κ1) is 18.9. The van der Waals surface area contributed by atoms with Gasteiger partial charge in [-0.1, -0.05) is 6.07 Å². The number of pyridine rings is 2. The maximum atomic E-state index is 11.7. The summed E-state index contributed by atoms with van der Waals surface area (Å²) in [5.74, 6) is 0.682. The topological polar surface area (TPSA) is 93.2 Å². The lowest BCUT2D eigenvalue weighted by atomic mass is 10.0. The number of hydrogen-bond acceptors (Lipinski definition) is 5. The van der Waals surface area contributed by atoms with Crippen LogP contribution in [0.3, 0.4) is 0 Å². The van der Waals surface area contributed by atoms with Gasteiger partial charge in [0.25, 0.3) is 5.91 Å². The number of carbonyl (C=O) groups excluding carboxylic acids is 2. The molecule has 3 heterocycles. The molecule has 2 atom stereocenters. The number of carbonyl (C=O) groups is 2. The van der Waals surface area contributed by atoms with Gasteiger partial charge in [-0.05, 0) is 42.8 Å². The molecule has 2 amide bonds. The molecule has 29 heavy (non-hydrogen) atoms. The molecule has 2 aromatic heterocycles. The van der Waals surface area contributed by atoms with Gasteiger partial charge in [-0.25, -0.2) is 0 Å². The van der Waals surface area contributed by atoms with Crippen LogP contribution in [0.5, 0.6) is 5.75 Å². The highest BCUT2D eigenvalue weighted by atomic mass is 16.5. The van der Waals surface area contributed by atoms with Gasteiger partial charge in [-0.2, -0.15) is 0 Å². The van der Waals surface area contributed by atoms with Crippen molar-refractivity contribution in [2.45, 2.75) is 19.4 Å². The summed E-state index contributed by atoms with van der Waals surface area (Å²) in [4.78, 5) is 32.0. The highest BCUT2D eigenvalue weighted by Crippen LogP contribution is 2.33. The predicted octanol–water partition coefficient (Wildman–Crippen LogP) is 2.56. The molecule has 1 saturated heterocycles. The summed E-state index contributed by atoms with van der Waals surface area (Å²) < 4.78 is 6.28. The van der Waals surface area contributed by atoms with Crippen LogP contribution in [0.2, 0.25) is 0 Å². The molecule has 1 fully saturated rings. The quantitative estimate of drug-likeness (QED) is 0.698. The minimum atomic E-state index is -0.228. The van der Waals surface area contributed by atoms with Gasteiger partial charge in [0.05, 0.1) is 5.52 Å². The molecule has 2 N–H and O–H groups in total. The van der Waals surface area contributed by atoms with Crippen molar-refractivity contribution in [1.82, 2.24) is 20.6 Å². The van der Waals surface area contributed by atoms with Gasteiger partial charge in [0.15, 0.2) is 0 Å². The summed E-state index contributed by atoms with van der Waals surface area (Å²) in [6, 6.07) is 11.3. The van der Waals surface area contributed by atoms with Gasteiger partial charge in [-0.15, -0.1) is 0 Å². The fraction of sp³-hybridized carbons (Fsp3) is 0.273. The molecule has 1 aliphatic rings. The Morgan fingerprint density at radius 1 is 1.24 bits per heavy atom. The highest BCUT2D eigenvalue weighted by Gasteiger charge is 2.28. The molecule has 0 bridgehead atoms. The van der Waals surface area contributed by atoms with Crippen LogP contribution in [-0.2, 0) is 4.79 Å². The number of amides is 2. The molecule has 4 rings (SSSR count). The van der Waals surface area contributed by atoms with Crippen molar-refractivity contribution in [2.75, 3.05) is 13.6 Å². The lowest BCUT2D eigenvalue weighted by Crippen LogP contribution is -2.25. The lowest BCUT2D eigenvalue weighted by molar-refractivity contribution is -0.119. The van der Waals surface area contributed by atoms with Crippen LogP contribution in [-0.4, -0.2) is 41.5 Å². The minimum Gasteiger partial charge on any atom is -0.490 e. The Kier molecular flexibility index (Phi) is 5.12. The van der Waals surface area contributed by atoms with Crippen molar-refractivity contribution < 1.29 is 14.3 Å². The second-order valence-electron chi connectivity index (χ2n) is 7.15. The van der Waals surface area contributed by atoms with Crippen LogP contribution >= 0.6 is 0 Å². The molecule has 148 valence electrons. The first-order valence-corrected chi connectivity index (χ1v) is 9.56. The SMILES string of the molecule is CNC(=O)c1ccc(-c2cc(O[C@H](C)C3CNC(=O)C3)c3cccnc3c2)cn1. The zero-order valence-corrected chi connectivity index (χ0v) is 16.3. The Bertz CT molecular complexity index is 1070. The van der Waals surface area contributed by atoms with Gasteiger partial charge >= 0.3 is 0 Å². The molecule has 3 aromatic rings. The van der Waals surface area contributed by atoms with Crippen LogP contribution in [0.4, 0.5) is 0 Å². The largest absolute Gasteiger partial charge is 0.490 e. The number of nitrogens with zero attached hydrogens (tertiary/aromatic N) is 2. The Morgan fingerprint density at radius 3 is 2.79 bits per heavy atom. The predicted molar refractivity (Wildman–Crippen MR) is 110 cm³/mol. The molecule has 7 nitrogen and oxygen atoms in total. The zero-order chi connectivity index (χ0) is 20.4. The number of nitrogens with one attached hydrogen (secondary N) is 2. The first-order chi connectivity index (χ1) is 14.0. The van der Waals surface area contributed by atoms with E-state index in [2.05, 4.69) is 20.6 Å². The molecule has 1 aliphatic heterocycles. The first-order valence-electron chi connectivity index (χ1n) is 9.56. The third-order valence-corrected chi connectivity index (χ3v) is 5.23. The Hall–Kier alpha value is -3.48. The van der Waals surface area contributed by atoms with Crippen LogP contribution in [0, 0.1) is 5.92 Å². The molecule has 1 unspecified atom stereocenters. The number of benzene rings is 1. The summed E-state index contributed by atoms with van der Waals surface area (Å²) in [7, 11) is 1.57. The maximum Gasteiger partial charge on any atom is 0.269 e. The van der Waals surface area contributed by atoms with E-state index >= 15 is 0 Å². The van der Waals surface area contributed by atoms with Crippen molar-refractivity contribution >= 4 is 22.7 Å². The Balaban J connectivity index is 1.69. The van der Waals surface area contributed by atoms with Crippen molar-refractivity contribution in [3.8, 4) is 16.9 Å². The number of ether oxygens (including phenoxy) is 1. The Labute approximate surface area is 168 Å². The van der Waals surface area contributed by atoms with E-state index in [0.717, 1.165) is 22.0 Å². The van der Waals surface area contributed by atoms with Gasteiger partial charge in [0, 0.05) is 49.3 Å². The molecular weight excluding hydrogens is 368 g/mol. The molecule has 0 spiro atoms. The minimum absolute atomic E-state index is 0.0630. The van der Waals surface area contributed by atoms with E-state index in [1.807, 2.05) is 37.3 Å². The lowest BCUT2D eigenvalue weighted by Gasteiger charge is -2.21. The number of fused-ring (bicyclic) bond motifs is 1. The molecule has 0 saturated carbocycles. The van der Waals surface area contributed by atoms with Crippen LogP contribution in [0.1, 0.15) is 23.8 Å². The molecular formula is C22H22N4O3. The van der Waals surface area contributed by atoms with Gasteiger partial charge in [0.1, 0.15) is 17.5 Å². The van der Waals surface area contributed by atoms with E-state index in [9.17, 15) is 9.59 Å². The van der Waals surface area contributed by atoms with E-state index < -0.39 is 0 Å². The second-order valence-corrected chi connectivity index (χ2v) is 7.15. The monoisotopic (exact) mass is 390 g/mol. The van der Waals surface area contributed by atoms with E-state index in [4.69, 9.17) is 4.74 Å². The van der Waals surface area contributed by atoms with Gasteiger partial charge in [0.2, 0.25) is 5.91 Å². The summed E-state index contributed by atoms with van der Waals surface area (Å²) in [6.45, 7) is 2.61. The molecule has 1 aromatic carbocycles. The summed E-state index contributed by atoms with van der Waals surface area (Å²) in [5.41, 5.74) is 2.93. The Morgan fingerprint density at radius 2 is 2.10 bits per heavy atom. The average Bonchev–Trinajstić information content (AvgIpc) is 3.19. The fourth-order valence-electron chi connectivity index (χ4n) is 3.50. The molecule has 0 aliphatic carbocycles. The third-order valence-electron chi connectivity index (χ3n) is 5.23. The van der Waals surface area contributed by atoms with E-state index in [1.165, 1.54) is 0 Å². The summed E-state index contributed by atoms with van der Waals surface area (Å²) >= 11 is 0. The normalized spacial score (nSPS) is 17.0. The number of rotatable bonds is 5.